The lowest BCUT2D eigenvalue weighted by molar-refractivity contribution is 0.806. The molecule has 3 heteroatoms. The summed E-state index contributed by atoms with van der Waals surface area (Å²) in [6.45, 7) is 8.87. The first-order valence-electron chi connectivity index (χ1n) is 8.70. The van der Waals surface area contributed by atoms with Crippen LogP contribution in [0.2, 0.25) is 0 Å². The van der Waals surface area contributed by atoms with Crippen LogP contribution in [0, 0.1) is 11.3 Å². The summed E-state index contributed by atoms with van der Waals surface area (Å²) in [4.78, 5) is 4.59. The van der Waals surface area contributed by atoms with E-state index in [1.165, 1.54) is 16.8 Å². The van der Waals surface area contributed by atoms with Crippen LogP contribution >= 0.6 is 0 Å². The van der Waals surface area contributed by atoms with Gasteiger partial charge in [0.1, 0.15) is 5.82 Å². The fourth-order valence-electron chi connectivity index (χ4n) is 3.22. The number of para-hydroxylation sites is 1. The number of imidazole rings is 1. The number of nitriles is 1. The number of aromatic nitrogens is 2. The molecule has 3 nitrogen and oxygen atoms in total. The van der Waals surface area contributed by atoms with E-state index in [1.807, 2.05) is 36.7 Å². The van der Waals surface area contributed by atoms with E-state index in [4.69, 9.17) is 0 Å². The standard InChI is InChI=1S/C22H23N3/c1-15(2)19-9-6-10-20(16(3)4)21(19)25-12-11-24-22(25)18-8-5-7-17(13-18)14-23/h5-13,15-16H,1-4H3. The Labute approximate surface area is 149 Å². The second kappa shape index (κ2) is 6.94. The van der Waals surface area contributed by atoms with Gasteiger partial charge in [-0.2, -0.15) is 5.26 Å². The van der Waals surface area contributed by atoms with Crippen LogP contribution in [0.25, 0.3) is 17.1 Å². The number of rotatable bonds is 4. The molecule has 0 aliphatic carbocycles. The molecule has 0 atom stereocenters. The molecule has 0 unspecified atom stereocenters. The lowest BCUT2D eigenvalue weighted by Gasteiger charge is -2.21. The summed E-state index contributed by atoms with van der Waals surface area (Å²) in [5, 5.41) is 9.20. The summed E-state index contributed by atoms with van der Waals surface area (Å²) in [7, 11) is 0. The molecule has 3 aromatic rings. The van der Waals surface area contributed by atoms with E-state index in [9.17, 15) is 5.26 Å². The zero-order valence-electron chi connectivity index (χ0n) is 15.2. The smallest absolute Gasteiger partial charge is 0.144 e. The van der Waals surface area contributed by atoms with Gasteiger partial charge in [-0.25, -0.2) is 4.98 Å². The van der Waals surface area contributed by atoms with E-state index in [2.05, 4.69) is 61.5 Å². The average molecular weight is 329 g/mol. The third-order valence-corrected chi connectivity index (χ3v) is 4.47. The van der Waals surface area contributed by atoms with Crippen molar-refractivity contribution < 1.29 is 0 Å². The van der Waals surface area contributed by atoms with Gasteiger partial charge in [-0.15, -0.1) is 0 Å². The van der Waals surface area contributed by atoms with Gasteiger partial charge in [-0.1, -0.05) is 58.0 Å². The molecule has 25 heavy (non-hydrogen) atoms. The van der Waals surface area contributed by atoms with Crippen molar-refractivity contribution in [2.75, 3.05) is 0 Å². The van der Waals surface area contributed by atoms with Gasteiger partial charge in [0.15, 0.2) is 0 Å². The van der Waals surface area contributed by atoms with E-state index in [0.29, 0.717) is 17.4 Å². The first-order chi connectivity index (χ1) is 12.0. The monoisotopic (exact) mass is 329 g/mol. The quantitative estimate of drug-likeness (QED) is 0.620. The van der Waals surface area contributed by atoms with Crippen molar-refractivity contribution in [1.82, 2.24) is 9.55 Å². The molecule has 0 saturated heterocycles. The average Bonchev–Trinajstić information content (AvgIpc) is 3.10. The Bertz CT molecular complexity index is 900. The molecule has 0 fully saturated rings. The van der Waals surface area contributed by atoms with Gasteiger partial charge in [0.05, 0.1) is 17.3 Å². The summed E-state index contributed by atoms with van der Waals surface area (Å²) in [5.41, 5.74) is 5.43. The van der Waals surface area contributed by atoms with Gasteiger partial charge in [0, 0.05) is 18.0 Å². The summed E-state index contributed by atoms with van der Waals surface area (Å²) >= 11 is 0. The molecule has 3 rings (SSSR count). The van der Waals surface area contributed by atoms with E-state index >= 15 is 0 Å². The molecule has 126 valence electrons. The Balaban J connectivity index is 2.26. The molecule has 0 spiro atoms. The third kappa shape index (κ3) is 3.21. The zero-order valence-corrected chi connectivity index (χ0v) is 15.2. The van der Waals surface area contributed by atoms with Crippen LogP contribution < -0.4 is 0 Å². The van der Waals surface area contributed by atoms with Gasteiger partial charge in [0.25, 0.3) is 0 Å². The summed E-state index contributed by atoms with van der Waals surface area (Å²) in [5.74, 6) is 1.69. The van der Waals surface area contributed by atoms with Gasteiger partial charge < -0.3 is 0 Å². The first kappa shape index (κ1) is 17.0. The van der Waals surface area contributed by atoms with Crippen LogP contribution in [0.3, 0.4) is 0 Å². The molecule has 0 aliphatic heterocycles. The highest BCUT2D eigenvalue weighted by Gasteiger charge is 2.18. The van der Waals surface area contributed by atoms with Gasteiger partial charge in [0.2, 0.25) is 0 Å². The maximum atomic E-state index is 9.20. The second-order valence-corrected chi connectivity index (χ2v) is 6.91. The summed E-state index contributed by atoms with van der Waals surface area (Å²) < 4.78 is 2.17. The second-order valence-electron chi connectivity index (χ2n) is 6.91. The topological polar surface area (TPSA) is 41.6 Å². The van der Waals surface area contributed by atoms with Crippen molar-refractivity contribution in [3.63, 3.8) is 0 Å². The molecule has 0 radical (unpaired) electrons. The summed E-state index contributed by atoms with van der Waals surface area (Å²) in [6, 6.07) is 16.4. The Morgan fingerprint density at radius 1 is 0.960 bits per heavy atom. The number of benzene rings is 2. The Morgan fingerprint density at radius 2 is 1.60 bits per heavy atom. The molecule has 0 saturated carbocycles. The molecular weight excluding hydrogens is 306 g/mol. The van der Waals surface area contributed by atoms with Crippen LogP contribution in [0.1, 0.15) is 56.2 Å². The van der Waals surface area contributed by atoms with Crippen LogP contribution in [0.5, 0.6) is 0 Å². The highest BCUT2D eigenvalue weighted by Crippen LogP contribution is 2.33. The van der Waals surface area contributed by atoms with Gasteiger partial charge in [-0.05, 0) is 35.1 Å². The van der Waals surface area contributed by atoms with Crippen molar-refractivity contribution in [2.45, 2.75) is 39.5 Å². The Morgan fingerprint density at radius 3 is 2.20 bits per heavy atom. The number of nitrogens with zero attached hydrogens (tertiary/aromatic N) is 3. The van der Waals surface area contributed by atoms with Crippen molar-refractivity contribution in [3.8, 4) is 23.1 Å². The Kier molecular flexibility index (Phi) is 4.72. The highest BCUT2D eigenvalue weighted by atomic mass is 15.1. The van der Waals surface area contributed by atoms with Crippen LogP contribution in [-0.4, -0.2) is 9.55 Å². The van der Waals surface area contributed by atoms with Gasteiger partial charge in [-0.3, -0.25) is 4.57 Å². The van der Waals surface area contributed by atoms with Crippen molar-refractivity contribution in [3.05, 3.63) is 71.5 Å². The molecular formula is C22H23N3. The lowest BCUT2D eigenvalue weighted by atomic mass is 9.92. The van der Waals surface area contributed by atoms with Gasteiger partial charge >= 0.3 is 0 Å². The van der Waals surface area contributed by atoms with E-state index < -0.39 is 0 Å². The van der Waals surface area contributed by atoms with E-state index in [-0.39, 0.29) is 0 Å². The lowest BCUT2D eigenvalue weighted by Crippen LogP contribution is -2.07. The summed E-state index contributed by atoms with van der Waals surface area (Å²) in [6.07, 6.45) is 3.84. The van der Waals surface area contributed by atoms with Crippen molar-refractivity contribution >= 4 is 0 Å². The molecule has 1 aromatic heterocycles. The van der Waals surface area contributed by atoms with Crippen LogP contribution in [-0.2, 0) is 0 Å². The van der Waals surface area contributed by atoms with E-state index in [0.717, 1.165) is 11.4 Å². The predicted octanol–water partition coefficient (Wildman–Crippen LogP) is 5.66. The number of hydrogen-bond acceptors (Lipinski definition) is 2. The maximum absolute atomic E-state index is 9.20. The maximum Gasteiger partial charge on any atom is 0.144 e. The SMILES string of the molecule is CC(C)c1cccc(C(C)C)c1-n1ccnc1-c1cccc(C#N)c1. The van der Waals surface area contributed by atoms with Crippen molar-refractivity contribution in [2.24, 2.45) is 0 Å². The molecule has 0 aliphatic rings. The first-order valence-corrected chi connectivity index (χ1v) is 8.70. The largest absolute Gasteiger partial charge is 0.299 e. The highest BCUT2D eigenvalue weighted by molar-refractivity contribution is 5.63. The van der Waals surface area contributed by atoms with Crippen LogP contribution in [0.4, 0.5) is 0 Å². The minimum absolute atomic E-state index is 0.411. The molecule has 0 amide bonds. The molecule has 0 N–H and O–H groups in total. The minimum Gasteiger partial charge on any atom is -0.299 e. The third-order valence-electron chi connectivity index (χ3n) is 4.47. The van der Waals surface area contributed by atoms with Crippen molar-refractivity contribution in [1.29, 1.82) is 5.26 Å². The number of hydrogen-bond donors (Lipinski definition) is 0. The predicted molar refractivity (Wildman–Crippen MR) is 102 cm³/mol. The normalized spacial score (nSPS) is 11.1. The molecule has 0 bridgehead atoms. The fraction of sp³-hybridized carbons (Fsp3) is 0.273. The molecule has 1 heterocycles. The fourth-order valence-corrected chi connectivity index (χ4v) is 3.22. The van der Waals surface area contributed by atoms with Crippen LogP contribution in [0.15, 0.2) is 54.9 Å². The molecule has 2 aromatic carbocycles. The Hall–Kier alpha value is -2.86. The van der Waals surface area contributed by atoms with E-state index in [1.54, 1.807) is 0 Å². The zero-order chi connectivity index (χ0) is 18.0. The minimum atomic E-state index is 0.411.